The van der Waals surface area contributed by atoms with Crippen molar-refractivity contribution < 1.29 is 4.79 Å². The molecule has 23 heavy (non-hydrogen) atoms. The van der Waals surface area contributed by atoms with E-state index >= 15 is 0 Å². The summed E-state index contributed by atoms with van der Waals surface area (Å²) in [6, 6.07) is 7.52. The van der Waals surface area contributed by atoms with Gasteiger partial charge in [0.15, 0.2) is 5.13 Å². The second kappa shape index (κ2) is 7.42. The van der Waals surface area contributed by atoms with Crippen LogP contribution in [-0.2, 0) is 4.79 Å². The summed E-state index contributed by atoms with van der Waals surface area (Å²) in [7, 11) is 0. The molecule has 1 N–H and O–H groups in total. The van der Waals surface area contributed by atoms with E-state index < -0.39 is 0 Å². The van der Waals surface area contributed by atoms with Gasteiger partial charge in [-0.05, 0) is 25.1 Å². The summed E-state index contributed by atoms with van der Waals surface area (Å²) in [6.07, 6.45) is 1.83. The molecule has 1 saturated heterocycles. The average molecular weight is 395 g/mol. The minimum absolute atomic E-state index is 0.0331. The maximum atomic E-state index is 12.4. The van der Waals surface area contributed by atoms with Crippen molar-refractivity contribution in [3.63, 3.8) is 0 Å². The van der Waals surface area contributed by atoms with Gasteiger partial charge in [-0.1, -0.05) is 22.0 Å². The van der Waals surface area contributed by atoms with Gasteiger partial charge in [0.25, 0.3) is 0 Å². The molecule has 0 saturated carbocycles. The Morgan fingerprint density at radius 3 is 2.78 bits per heavy atom. The predicted molar refractivity (Wildman–Crippen MR) is 98.1 cm³/mol. The van der Waals surface area contributed by atoms with Crippen LogP contribution < -0.4 is 10.2 Å². The third-order valence-corrected chi connectivity index (χ3v) is 5.35. The van der Waals surface area contributed by atoms with Gasteiger partial charge in [-0.3, -0.25) is 9.69 Å². The van der Waals surface area contributed by atoms with E-state index in [4.69, 9.17) is 0 Å². The molecule has 7 heteroatoms. The number of carbonyl (C=O) groups excluding carboxylic acids is 1. The number of carbonyl (C=O) groups is 1. The van der Waals surface area contributed by atoms with E-state index in [-0.39, 0.29) is 11.9 Å². The number of hydrogen-bond acceptors (Lipinski definition) is 5. The third kappa shape index (κ3) is 4.10. The lowest BCUT2D eigenvalue weighted by molar-refractivity contribution is -0.120. The zero-order valence-corrected chi connectivity index (χ0v) is 15.3. The molecule has 5 nitrogen and oxygen atoms in total. The molecule has 1 fully saturated rings. The molecule has 122 valence electrons. The lowest BCUT2D eigenvalue weighted by Crippen LogP contribution is -2.52. The van der Waals surface area contributed by atoms with Gasteiger partial charge in [-0.2, -0.15) is 0 Å². The van der Waals surface area contributed by atoms with Crippen LogP contribution in [0.2, 0.25) is 0 Å². The van der Waals surface area contributed by atoms with Crippen molar-refractivity contribution in [2.24, 2.45) is 0 Å². The van der Waals surface area contributed by atoms with E-state index in [0.29, 0.717) is 0 Å². The van der Waals surface area contributed by atoms with Gasteiger partial charge in [0.2, 0.25) is 5.91 Å². The first-order valence-electron chi connectivity index (χ1n) is 7.58. The smallest absolute Gasteiger partial charge is 0.241 e. The Labute approximate surface area is 148 Å². The normalized spacial score (nSPS) is 17.0. The fourth-order valence-electron chi connectivity index (χ4n) is 2.65. The van der Waals surface area contributed by atoms with Crippen molar-refractivity contribution in [3.8, 4) is 0 Å². The molecular weight excluding hydrogens is 376 g/mol. The molecule has 1 amide bonds. The maximum absolute atomic E-state index is 12.4. The molecule has 1 aliphatic heterocycles. The van der Waals surface area contributed by atoms with Gasteiger partial charge in [-0.15, -0.1) is 11.3 Å². The maximum Gasteiger partial charge on any atom is 0.241 e. The third-order valence-electron chi connectivity index (χ3n) is 4.02. The van der Waals surface area contributed by atoms with Crippen LogP contribution in [0.4, 0.5) is 10.8 Å². The van der Waals surface area contributed by atoms with Crippen molar-refractivity contribution in [2.75, 3.05) is 36.4 Å². The number of hydrogen-bond donors (Lipinski definition) is 1. The summed E-state index contributed by atoms with van der Waals surface area (Å²) in [4.78, 5) is 21.3. The fourth-order valence-corrected chi connectivity index (χ4v) is 3.75. The number of piperazine rings is 1. The lowest BCUT2D eigenvalue weighted by atomic mass is 10.2. The van der Waals surface area contributed by atoms with Crippen LogP contribution in [0.3, 0.4) is 0 Å². The van der Waals surface area contributed by atoms with Gasteiger partial charge in [0.1, 0.15) is 0 Å². The van der Waals surface area contributed by atoms with Crippen molar-refractivity contribution in [3.05, 3.63) is 40.3 Å². The summed E-state index contributed by atoms with van der Waals surface area (Å²) in [5, 5.41) is 6.05. The number of halogens is 1. The Hall–Kier alpha value is -1.44. The Kier molecular flexibility index (Phi) is 5.30. The zero-order chi connectivity index (χ0) is 16.2. The molecule has 0 spiro atoms. The topological polar surface area (TPSA) is 48.5 Å². The van der Waals surface area contributed by atoms with Crippen LogP contribution in [0.15, 0.2) is 40.3 Å². The first kappa shape index (κ1) is 16.4. The number of nitrogens with zero attached hydrogens (tertiary/aromatic N) is 3. The number of amides is 1. The molecule has 1 atom stereocenters. The van der Waals surface area contributed by atoms with Crippen LogP contribution in [0, 0.1) is 0 Å². The SMILES string of the molecule is C[C@@H](C(=O)Nc1cccc(Br)c1)N1CCN(c2nccs2)CC1. The monoisotopic (exact) mass is 394 g/mol. The summed E-state index contributed by atoms with van der Waals surface area (Å²) in [5.41, 5.74) is 0.817. The molecule has 0 radical (unpaired) electrons. The van der Waals surface area contributed by atoms with Gasteiger partial charge in [0, 0.05) is 47.9 Å². The molecule has 1 aromatic carbocycles. The van der Waals surface area contributed by atoms with Crippen molar-refractivity contribution in [2.45, 2.75) is 13.0 Å². The van der Waals surface area contributed by atoms with E-state index in [9.17, 15) is 4.79 Å². The molecule has 1 aromatic heterocycles. The summed E-state index contributed by atoms with van der Waals surface area (Å²) >= 11 is 5.08. The number of thiazole rings is 1. The molecule has 0 aliphatic carbocycles. The van der Waals surface area contributed by atoms with Gasteiger partial charge in [0.05, 0.1) is 6.04 Å². The number of anilines is 2. The molecule has 2 aromatic rings. The van der Waals surface area contributed by atoms with Crippen molar-refractivity contribution in [1.82, 2.24) is 9.88 Å². The zero-order valence-electron chi connectivity index (χ0n) is 12.9. The first-order valence-corrected chi connectivity index (χ1v) is 9.25. The second-order valence-corrected chi connectivity index (χ2v) is 7.30. The van der Waals surface area contributed by atoms with Crippen LogP contribution in [0.25, 0.3) is 0 Å². The first-order chi connectivity index (χ1) is 11.1. The standard InChI is InChI=1S/C16H19BrN4OS/c1-12(15(22)19-14-4-2-3-13(17)11-14)20-6-8-21(9-7-20)16-18-5-10-23-16/h2-5,10-12H,6-9H2,1H3,(H,19,22)/t12-/m0/s1. The highest BCUT2D eigenvalue weighted by molar-refractivity contribution is 9.10. The predicted octanol–water partition coefficient (Wildman–Crippen LogP) is 3.05. The molecule has 0 bridgehead atoms. The van der Waals surface area contributed by atoms with Crippen LogP contribution >= 0.6 is 27.3 Å². The van der Waals surface area contributed by atoms with Crippen LogP contribution in [0.1, 0.15) is 6.92 Å². The Balaban J connectivity index is 1.54. The largest absolute Gasteiger partial charge is 0.346 e. The lowest BCUT2D eigenvalue weighted by Gasteiger charge is -2.37. The number of benzene rings is 1. The van der Waals surface area contributed by atoms with Crippen LogP contribution in [-0.4, -0.2) is 48.0 Å². The van der Waals surface area contributed by atoms with E-state index in [1.165, 1.54) is 0 Å². The van der Waals surface area contributed by atoms with Gasteiger partial charge in [-0.25, -0.2) is 4.98 Å². The highest BCUT2D eigenvalue weighted by Gasteiger charge is 2.26. The molecule has 2 heterocycles. The summed E-state index contributed by atoms with van der Waals surface area (Å²) < 4.78 is 0.958. The Morgan fingerprint density at radius 1 is 1.35 bits per heavy atom. The minimum Gasteiger partial charge on any atom is -0.346 e. The quantitative estimate of drug-likeness (QED) is 0.865. The molecular formula is C16H19BrN4OS. The highest BCUT2D eigenvalue weighted by atomic mass is 79.9. The van der Waals surface area contributed by atoms with Crippen LogP contribution in [0.5, 0.6) is 0 Å². The van der Waals surface area contributed by atoms with Gasteiger partial charge >= 0.3 is 0 Å². The van der Waals surface area contributed by atoms with E-state index in [1.54, 1.807) is 11.3 Å². The number of nitrogens with one attached hydrogen (secondary N) is 1. The Bertz CT molecular complexity index is 656. The van der Waals surface area contributed by atoms with Crippen molar-refractivity contribution in [1.29, 1.82) is 0 Å². The fraction of sp³-hybridized carbons (Fsp3) is 0.375. The van der Waals surface area contributed by atoms with E-state index in [2.05, 4.69) is 36.0 Å². The van der Waals surface area contributed by atoms with E-state index in [0.717, 1.165) is 41.5 Å². The molecule has 3 rings (SSSR count). The minimum atomic E-state index is -0.146. The number of aromatic nitrogens is 1. The summed E-state index contributed by atoms with van der Waals surface area (Å²) in [6.45, 7) is 5.51. The molecule has 1 aliphatic rings. The molecule has 0 unspecified atom stereocenters. The number of rotatable bonds is 4. The van der Waals surface area contributed by atoms with Gasteiger partial charge < -0.3 is 10.2 Å². The van der Waals surface area contributed by atoms with Crippen molar-refractivity contribution >= 4 is 44.0 Å². The summed E-state index contributed by atoms with van der Waals surface area (Å²) in [5.74, 6) is 0.0331. The average Bonchev–Trinajstić information content (AvgIpc) is 3.09. The Morgan fingerprint density at radius 2 is 2.13 bits per heavy atom. The second-order valence-electron chi connectivity index (χ2n) is 5.51. The van der Waals surface area contributed by atoms with E-state index in [1.807, 2.05) is 42.8 Å². The highest BCUT2D eigenvalue weighted by Crippen LogP contribution is 2.20.